The van der Waals surface area contributed by atoms with Gasteiger partial charge in [-0.15, -0.1) is 0 Å². The van der Waals surface area contributed by atoms with Crippen molar-refractivity contribution in [3.05, 3.63) is 46.8 Å². The smallest absolute Gasteiger partial charge is 0.292 e. The number of piperidine rings is 2. The zero-order valence-corrected chi connectivity index (χ0v) is 20.8. The maximum absolute atomic E-state index is 13.2. The number of hydrogen-bond donors (Lipinski definition) is 0. The second kappa shape index (κ2) is 11.3. The van der Waals surface area contributed by atoms with Crippen molar-refractivity contribution >= 4 is 23.4 Å². The zero-order valence-electron chi connectivity index (χ0n) is 20.0. The molecule has 0 N–H and O–H groups in total. The van der Waals surface area contributed by atoms with E-state index in [-0.39, 0.29) is 29.6 Å². The Hall–Kier alpha value is -2.54. The SMILES string of the molecule is CC(C)Cc1cc(C(=O)N2CC[C@H](Oc3cccc(Cl)c3)[C@@H](CC(=O)N3CCCCC3)C2)on1. The van der Waals surface area contributed by atoms with Gasteiger partial charge >= 0.3 is 0 Å². The molecule has 0 unspecified atom stereocenters. The summed E-state index contributed by atoms with van der Waals surface area (Å²) in [7, 11) is 0. The molecule has 34 heavy (non-hydrogen) atoms. The van der Waals surface area contributed by atoms with Crippen molar-refractivity contribution in [2.75, 3.05) is 26.2 Å². The fraction of sp³-hybridized carbons (Fsp3) is 0.577. The fourth-order valence-electron chi connectivity index (χ4n) is 4.84. The standard InChI is InChI=1S/C26H34ClN3O4/c1-18(2)13-21-16-24(34-28-21)26(32)30-12-9-23(33-22-8-6-7-20(27)15-22)19(17-30)14-25(31)29-10-4-3-5-11-29/h6-8,15-16,18-19,23H,3-5,9-14,17H2,1-2H3/t19-,23-/m0/s1. The van der Waals surface area contributed by atoms with Crippen LogP contribution >= 0.6 is 11.6 Å². The fourth-order valence-corrected chi connectivity index (χ4v) is 5.02. The van der Waals surface area contributed by atoms with Crippen molar-refractivity contribution in [3.63, 3.8) is 0 Å². The first-order chi connectivity index (χ1) is 16.4. The molecule has 0 radical (unpaired) electrons. The van der Waals surface area contributed by atoms with Crippen LogP contribution < -0.4 is 4.74 Å². The number of aromatic nitrogens is 1. The number of rotatable bonds is 7. The van der Waals surface area contributed by atoms with Crippen LogP contribution in [-0.4, -0.2) is 59.1 Å². The van der Waals surface area contributed by atoms with Crippen LogP contribution in [0.25, 0.3) is 0 Å². The molecule has 0 bridgehead atoms. The topological polar surface area (TPSA) is 75.9 Å². The van der Waals surface area contributed by atoms with Gasteiger partial charge in [0.25, 0.3) is 5.91 Å². The Bertz CT molecular complexity index is 986. The lowest BCUT2D eigenvalue weighted by molar-refractivity contribution is -0.134. The number of likely N-dealkylation sites (tertiary alicyclic amines) is 2. The van der Waals surface area contributed by atoms with Gasteiger partial charge in [-0.2, -0.15) is 0 Å². The van der Waals surface area contributed by atoms with Crippen LogP contribution in [0.5, 0.6) is 5.75 Å². The summed E-state index contributed by atoms with van der Waals surface area (Å²) in [5.41, 5.74) is 0.786. The highest BCUT2D eigenvalue weighted by atomic mass is 35.5. The van der Waals surface area contributed by atoms with E-state index in [4.69, 9.17) is 20.9 Å². The van der Waals surface area contributed by atoms with Gasteiger partial charge in [0, 0.05) is 56.0 Å². The Morgan fingerprint density at radius 3 is 2.68 bits per heavy atom. The molecule has 2 amide bonds. The van der Waals surface area contributed by atoms with Crippen LogP contribution in [0.15, 0.2) is 34.9 Å². The van der Waals surface area contributed by atoms with E-state index in [1.807, 2.05) is 17.0 Å². The molecule has 1 aromatic heterocycles. The van der Waals surface area contributed by atoms with Gasteiger partial charge in [0.1, 0.15) is 11.9 Å². The molecule has 0 saturated carbocycles. The lowest BCUT2D eigenvalue weighted by Crippen LogP contribution is -2.49. The summed E-state index contributed by atoms with van der Waals surface area (Å²) >= 11 is 6.14. The van der Waals surface area contributed by atoms with Gasteiger partial charge in [-0.05, 0) is 49.8 Å². The third-order valence-electron chi connectivity index (χ3n) is 6.57. The molecule has 8 heteroatoms. The molecule has 2 fully saturated rings. The summed E-state index contributed by atoms with van der Waals surface area (Å²) in [4.78, 5) is 30.0. The molecule has 7 nitrogen and oxygen atoms in total. The normalized spacial score (nSPS) is 21.1. The first kappa shape index (κ1) is 24.6. The maximum atomic E-state index is 13.2. The van der Waals surface area contributed by atoms with E-state index < -0.39 is 0 Å². The van der Waals surface area contributed by atoms with Crippen LogP contribution in [0.3, 0.4) is 0 Å². The average molecular weight is 488 g/mol. The van der Waals surface area contributed by atoms with Gasteiger partial charge in [-0.3, -0.25) is 9.59 Å². The summed E-state index contributed by atoms with van der Waals surface area (Å²) in [5.74, 6) is 1.20. The second-order valence-corrected chi connectivity index (χ2v) is 10.3. The quantitative estimate of drug-likeness (QED) is 0.558. The van der Waals surface area contributed by atoms with Gasteiger partial charge in [0.15, 0.2) is 0 Å². The van der Waals surface area contributed by atoms with Crippen molar-refractivity contribution < 1.29 is 18.8 Å². The lowest BCUT2D eigenvalue weighted by Gasteiger charge is -2.39. The Labute approximate surface area is 206 Å². The molecule has 1 aromatic carbocycles. The Morgan fingerprint density at radius 2 is 1.94 bits per heavy atom. The van der Waals surface area contributed by atoms with Crippen molar-refractivity contribution in [1.29, 1.82) is 0 Å². The van der Waals surface area contributed by atoms with Gasteiger partial charge in [-0.1, -0.05) is 36.7 Å². The van der Waals surface area contributed by atoms with E-state index in [0.29, 0.717) is 42.6 Å². The Kier molecular flexibility index (Phi) is 8.14. The van der Waals surface area contributed by atoms with Gasteiger partial charge in [0.05, 0.1) is 5.69 Å². The number of halogens is 1. The summed E-state index contributed by atoms with van der Waals surface area (Å²) in [6, 6.07) is 9.05. The summed E-state index contributed by atoms with van der Waals surface area (Å²) in [6.45, 7) is 6.79. The zero-order chi connectivity index (χ0) is 24.1. The lowest BCUT2D eigenvalue weighted by atomic mass is 9.90. The third-order valence-corrected chi connectivity index (χ3v) is 6.80. The highest BCUT2D eigenvalue weighted by Crippen LogP contribution is 2.29. The van der Waals surface area contributed by atoms with Crippen LogP contribution in [0, 0.1) is 11.8 Å². The van der Waals surface area contributed by atoms with E-state index >= 15 is 0 Å². The monoisotopic (exact) mass is 487 g/mol. The van der Waals surface area contributed by atoms with E-state index in [9.17, 15) is 9.59 Å². The summed E-state index contributed by atoms with van der Waals surface area (Å²) in [6.07, 6.45) is 4.84. The van der Waals surface area contributed by atoms with Gasteiger partial charge in [-0.25, -0.2) is 0 Å². The number of hydrogen-bond acceptors (Lipinski definition) is 5. The maximum Gasteiger partial charge on any atom is 0.292 e. The molecule has 2 aliphatic rings. The van der Waals surface area contributed by atoms with Crippen LogP contribution in [0.4, 0.5) is 0 Å². The van der Waals surface area contributed by atoms with Gasteiger partial charge in [0.2, 0.25) is 11.7 Å². The molecule has 2 aliphatic heterocycles. The van der Waals surface area contributed by atoms with Crippen molar-refractivity contribution in [3.8, 4) is 5.75 Å². The first-order valence-electron chi connectivity index (χ1n) is 12.3. The second-order valence-electron chi connectivity index (χ2n) is 9.84. The Morgan fingerprint density at radius 1 is 1.15 bits per heavy atom. The molecule has 184 valence electrons. The van der Waals surface area contributed by atoms with Crippen LogP contribution in [-0.2, 0) is 11.2 Å². The molecule has 4 rings (SSSR count). The van der Waals surface area contributed by atoms with E-state index in [2.05, 4.69) is 19.0 Å². The predicted molar refractivity (Wildman–Crippen MR) is 130 cm³/mol. The number of nitrogens with zero attached hydrogens (tertiary/aromatic N) is 3. The predicted octanol–water partition coefficient (Wildman–Crippen LogP) is 4.84. The molecule has 0 spiro atoms. The average Bonchev–Trinajstić information content (AvgIpc) is 3.28. The highest BCUT2D eigenvalue weighted by molar-refractivity contribution is 6.30. The molecule has 3 heterocycles. The Balaban J connectivity index is 1.47. The van der Waals surface area contributed by atoms with Crippen molar-refractivity contribution in [1.82, 2.24) is 15.0 Å². The van der Waals surface area contributed by atoms with Crippen molar-refractivity contribution in [2.45, 2.75) is 58.5 Å². The number of carbonyl (C=O) groups is 2. The van der Waals surface area contributed by atoms with Crippen molar-refractivity contribution in [2.24, 2.45) is 11.8 Å². The number of ether oxygens (including phenoxy) is 1. The molecular formula is C26H34ClN3O4. The van der Waals surface area contributed by atoms with Crippen LogP contribution in [0.1, 0.15) is 62.2 Å². The highest BCUT2D eigenvalue weighted by Gasteiger charge is 2.36. The third kappa shape index (κ3) is 6.32. The number of benzene rings is 1. The molecular weight excluding hydrogens is 454 g/mol. The van der Waals surface area contributed by atoms with E-state index in [1.54, 1.807) is 23.1 Å². The number of carbonyl (C=O) groups excluding carboxylic acids is 2. The van der Waals surface area contributed by atoms with Crippen LogP contribution in [0.2, 0.25) is 5.02 Å². The molecule has 0 aliphatic carbocycles. The molecule has 2 atom stereocenters. The minimum Gasteiger partial charge on any atom is -0.490 e. The minimum atomic E-state index is -0.181. The minimum absolute atomic E-state index is 0.121. The number of amides is 2. The van der Waals surface area contributed by atoms with Gasteiger partial charge < -0.3 is 19.1 Å². The first-order valence-corrected chi connectivity index (χ1v) is 12.7. The van der Waals surface area contributed by atoms with E-state index in [1.165, 1.54) is 6.42 Å². The summed E-state index contributed by atoms with van der Waals surface area (Å²) < 4.78 is 11.7. The molecule has 2 saturated heterocycles. The summed E-state index contributed by atoms with van der Waals surface area (Å²) in [5, 5.41) is 4.66. The van der Waals surface area contributed by atoms with E-state index in [0.717, 1.165) is 38.0 Å². The largest absolute Gasteiger partial charge is 0.490 e. The molecule has 2 aromatic rings.